The summed E-state index contributed by atoms with van der Waals surface area (Å²) in [4.78, 5) is 50.4. The second-order valence-corrected chi connectivity index (χ2v) is 14.0. The lowest BCUT2D eigenvalue weighted by molar-refractivity contribution is -0.385. The lowest BCUT2D eigenvalue weighted by atomic mass is 9.82. The van der Waals surface area contributed by atoms with Gasteiger partial charge in [-0.15, -0.1) is 0 Å². The van der Waals surface area contributed by atoms with Crippen molar-refractivity contribution in [3.63, 3.8) is 0 Å². The van der Waals surface area contributed by atoms with E-state index in [1.807, 2.05) is 30.3 Å². The Labute approximate surface area is 210 Å². The fourth-order valence-corrected chi connectivity index (χ4v) is 8.27. The van der Waals surface area contributed by atoms with Gasteiger partial charge < -0.3 is 24.9 Å². The Balaban J connectivity index is 1.68. The zero-order chi connectivity index (χ0) is 26.3. The number of aliphatic hydroxyl groups excluding tert-OH is 1. The molecule has 0 aliphatic carbocycles. The number of fused-ring (bicyclic) bond motifs is 2. The molecule has 0 radical (unpaired) electrons. The fraction of sp³-hybridized carbons (Fsp3) is 0.440. The van der Waals surface area contributed by atoms with Gasteiger partial charge in [0.15, 0.2) is 13.9 Å². The normalized spacial score (nSPS) is 25.0. The Kier molecular flexibility index (Phi) is 7.02. The van der Waals surface area contributed by atoms with Crippen molar-refractivity contribution in [2.45, 2.75) is 50.2 Å². The molecule has 0 bridgehead atoms. The van der Waals surface area contributed by atoms with Crippen LogP contribution in [0.4, 0.5) is 11.4 Å². The van der Waals surface area contributed by atoms with E-state index >= 15 is 0 Å². The molecule has 2 aromatic rings. The van der Waals surface area contributed by atoms with E-state index in [0.29, 0.717) is 17.8 Å². The molecule has 2 heterocycles. The van der Waals surface area contributed by atoms with Crippen LogP contribution in [-0.4, -0.2) is 59.1 Å². The molecule has 0 saturated carbocycles. The molecule has 0 aromatic heterocycles. The molecule has 2 aliphatic heterocycles. The zero-order valence-corrected chi connectivity index (χ0v) is 21.5. The minimum Gasteiger partial charge on any atom is -0.432 e. The summed E-state index contributed by atoms with van der Waals surface area (Å²) in [6.07, 6.45) is -0.884. The largest absolute Gasteiger partial charge is 0.432 e. The van der Waals surface area contributed by atoms with Crippen LogP contribution >= 0.6 is 0 Å². The highest BCUT2D eigenvalue weighted by Gasteiger charge is 2.65. The minimum absolute atomic E-state index is 0.0991. The summed E-state index contributed by atoms with van der Waals surface area (Å²) in [5.41, 5.74) is -0.540. The monoisotopic (exact) mass is 513 g/mol. The van der Waals surface area contributed by atoms with Gasteiger partial charge in [0.2, 0.25) is 5.91 Å². The fourth-order valence-electron chi connectivity index (χ4n) is 5.72. The molecule has 11 heteroatoms. The van der Waals surface area contributed by atoms with Crippen molar-refractivity contribution in [3.8, 4) is 0 Å². The number of nitro benzene ring substituents is 1. The molecule has 4 atom stereocenters. The predicted octanol–water partition coefficient (Wildman–Crippen LogP) is 2.76. The molecule has 2 aliphatic rings. The number of nitrogens with zero attached hydrogens (tertiary/aromatic N) is 2. The Hall–Kier alpha value is -3.12. The molecule has 2 aromatic carbocycles. The molecule has 1 fully saturated rings. The summed E-state index contributed by atoms with van der Waals surface area (Å²) < 4.78 is 6.41. The van der Waals surface area contributed by atoms with Crippen LogP contribution in [0.1, 0.15) is 24.5 Å². The van der Waals surface area contributed by atoms with E-state index in [2.05, 4.69) is 5.32 Å². The van der Waals surface area contributed by atoms with Crippen molar-refractivity contribution in [1.29, 1.82) is 0 Å². The molecule has 4 rings (SSSR count). The standard InChI is InChI=1S/C25H31N3O7Si/c1-16-23(36(2,3)34)21(14-22(30)27(11-12-29)15-17-7-5-4-6-8-17)35-25(16)19-13-18(28(32)33)9-10-20(19)26-24(25)31/h4-10,13,16,21,23,29,34H,11-12,14-15H2,1-3H3,(H,26,31)/t16-,21+,23-,25+/m0/s1. The Morgan fingerprint density at radius 3 is 2.56 bits per heavy atom. The molecule has 1 saturated heterocycles. The quantitative estimate of drug-likeness (QED) is 0.280. The number of hydrogen-bond acceptors (Lipinski definition) is 7. The molecule has 192 valence electrons. The highest BCUT2D eigenvalue weighted by Crippen LogP contribution is 2.58. The maximum Gasteiger partial charge on any atom is 0.269 e. The minimum atomic E-state index is -2.98. The third kappa shape index (κ3) is 4.54. The molecule has 36 heavy (non-hydrogen) atoms. The van der Waals surface area contributed by atoms with Crippen molar-refractivity contribution < 1.29 is 29.2 Å². The number of ether oxygens (including phenoxy) is 1. The molecule has 0 unspecified atom stereocenters. The summed E-state index contributed by atoms with van der Waals surface area (Å²) in [6, 6.07) is 13.5. The lowest BCUT2D eigenvalue weighted by Gasteiger charge is -2.32. The van der Waals surface area contributed by atoms with Gasteiger partial charge >= 0.3 is 0 Å². The van der Waals surface area contributed by atoms with Crippen LogP contribution in [0.3, 0.4) is 0 Å². The topological polar surface area (TPSA) is 142 Å². The van der Waals surface area contributed by atoms with Crippen LogP contribution in [0.5, 0.6) is 0 Å². The van der Waals surface area contributed by atoms with E-state index in [4.69, 9.17) is 4.74 Å². The first-order valence-corrected chi connectivity index (χ1v) is 14.9. The summed E-state index contributed by atoms with van der Waals surface area (Å²) in [7, 11) is -2.98. The number of carbonyl (C=O) groups is 2. The first-order valence-electron chi connectivity index (χ1n) is 11.9. The van der Waals surface area contributed by atoms with Crippen LogP contribution in [0.2, 0.25) is 18.6 Å². The van der Waals surface area contributed by atoms with E-state index in [1.54, 1.807) is 20.0 Å². The number of hydrogen-bond donors (Lipinski definition) is 3. The second-order valence-electron chi connectivity index (χ2n) is 10.0. The van der Waals surface area contributed by atoms with Crippen molar-refractivity contribution in [3.05, 3.63) is 69.8 Å². The molecular weight excluding hydrogens is 482 g/mol. The van der Waals surface area contributed by atoms with Crippen LogP contribution < -0.4 is 5.32 Å². The van der Waals surface area contributed by atoms with Gasteiger partial charge in [-0.3, -0.25) is 19.7 Å². The van der Waals surface area contributed by atoms with Crippen molar-refractivity contribution >= 4 is 31.5 Å². The average molecular weight is 514 g/mol. The highest BCUT2D eigenvalue weighted by molar-refractivity contribution is 6.71. The molecule has 1 spiro atoms. The van der Waals surface area contributed by atoms with Crippen LogP contribution in [-0.2, 0) is 26.5 Å². The SMILES string of the molecule is C[C@H]1[C@H]([Si](C)(C)O)[C@@H](CC(=O)N(CCO)Cc2ccccc2)O[C@]12C(=O)Nc1ccc([N+](=O)[O-])cc12. The number of rotatable bonds is 8. The maximum atomic E-state index is 13.4. The van der Waals surface area contributed by atoms with Crippen LogP contribution in [0, 0.1) is 16.0 Å². The van der Waals surface area contributed by atoms with Crippen LogP contribution in [0.25, 0.3) is 0 Å². The third-order valence-electron chi connectivity index (χ3n) is 7.25. The first kappa shape index (κ1) is 26.0. The Bertz CT molecular complexity index is 1170. The van der Waals surface area contributed by atoms with Crippen LogP contribution in [0.15, 0.2) is 48.5 Å². The highest BCUT2D eigenvalue weighted by atomic mass is 28.4. The lowest BCUT2D eigenvalue weighted by Crippen LogP contribution is -2.44. The van der Waals surface area contributed by atoms with E-state index < -0.39 is 42.3 Å². The van der Waals surface area contributed by atoms with Gasteiger partial charge in [-0.25, -0.2) is 0 Å². The number of amides is 2. The van der Waals surface area contributed by atoms with E-state index in [-0.39, 0.29) is 31.2 Å². The van der Waals surface area contributed by atoms with Gasteiger partial charge in [-0.05, 0) is 24.7 Å². The van der Waals surface area contributed by atoms with Gasteiger partial charge in [0.1, 0.15) is 0 Å². The summed E-state index contributed by atoms with van der Waals surface area (Å²) in [5, 5.41) is 23.8. The zero-order valence-electron chi connectivity index (χ0n) is 20.5. The number of nitrogens with one attached hydrogen (secondary N) is 1. The summed E-state index contributed by atoms with van der Waals surface area (Å²) in [5.74, 6) is -1.27. The maximum absolute atomic E-state index is 13.4. The molecule has 3 N–H and O–H groups in total. The number of aliphatic hydroxyl groups is 1. The Morgan fingerprint density at radius 1 is 1.25 bits per heavy atom. The van der Waals surface area contributed by atoms with Gasteiger partial charge in [-0.1, -0.05) is 37.3 Å². The number of benzene rings is 2. The average Bonchev–Trinajstić information content (AvgIpc) is 3.27. The van der Waals surface area contributed by atoms with Crippen molar-refractivity contribution in [2.24, 2.45) is 5.92 Å². The molecule has 2 amide bonds. The summed E-state index contributed by atoms with van der Waals surface area (Å²) >= 11 is 0. The third-order valence-corrected chi connectivity index (χ3v) is 9.75. The van der Waals surface area contributed by atoms with Gasteiger partial charge in [0.05, 0.1) is 24.1 Å². The number of nitro groups is 1. The first-order chi connectivity index (χ1) is 17.0. The molecule has 10 nitrogen and oxygen atoms in total. The van der Waals surface area contributed by atoms with Crippen molar-refractivity contribution in [2.75, 3.05) is 18.5 Å². The Morgan fingerprint density at radius 2 is 1.94 bits per heavy atom. The molecular formula is C25H31N3O7Si. The number of anilines is 1. The van der Waals surface area contributed by atoms with E-state index in [9.17, 15) is 29.6 Å². The van der Waals surface area contributed by atoms with E-state index in [1.165, 1.54) is 23.1 Å². The van der Waals surface area contributed by atoms with Crippen molar-refractivity contribution in [1.82, 2.24) is 4.90 Å². The summed E-state index contributed by atoms with van der Waals surface area (Å²) in [6.45, 7) is 5.49. The predicted molar refractivity (Wildman–Crippen MR) is 134 cm³/mol. The van der Waals surface area contributed by atoms with Gasteiger partial charge in [0.25, 0.3) is 11.6 Å². The van der Waals surface area contributed by atoms with Gasteiger partial charge in [-0.2, -0.15) is 0 Å². The van der Waals surface area contributed by atoms with Gasteiger partial charge in [0, 0.05) is 47.9 Å². The number of carbonyl (C=O) groups excluding carboxylic acids is 2. The smallest absolute Gasteiger partial charge is 0.269 e. The van der Waals surface area contributed by atoms with E-state index in [0.717, 1.165) is 5.56 Å². The second kappa shape index (κ2) is 9.73. The number of non-ortho nitro benzene ring substituents is 1.